The van der Waals surface area contributed by atoms with Crippen LogP contribution in [0.1, 0.15) is 35.8 Å². The molecule has 2 heterocycles. The fraction of sp³-hybridized carbons (Fsp3) is 0.375. The number of rotatable bonds is 5. The standard InChI is InChI=1S/C16H18ClN3S/c1-3-13(16-18-8-9-21-16)20-14-5-4-11(2)10-12(14)19-15(20)6-7-17/h4-5,8-10,13H,3,6-7H2,1-2H3. The van der Waals surface area contributed by atoms with Crippen molar-refractivity contribution in [1.82, 2.24) is 14.5 Å². The Bertz CT molecular complexity index is 733. The van der Waals surface area contributed by atoms with E-state index in [0.29, 0.717) is 5.88 Å². The summed E-state index contributed by atoms with van der Waals surface area (Å²) in [6, 6.07) is 6.67. The van der Waals surface area contributed by atoms with Crippen LogP contribution < -0.4 is 0 Å². The lowest BCUT2D eigenvalue weighted by atomic mass is 10.2. The number of halogens is 1. The highest BCUT2D eigenvalue weighted by Crippen LogP contribution is 2.30. The third-order valence-electron chi connectivity index (χ3n) is 3.67. The van der Waals surface area contributed by atoms with E-state index in [2.05, 4.69) is 41.6 Å². The zero-order chi connectivity index (χ0) is 14.8. The second kappa shape index (κ2) is 6.16. The van der Waals surface area contributed by atoms with E-state index in [1.54, 1.807) is 11.3 Å². The van der Waals surface area contributed by atoms with E-state index < -0.39 is 0 Å². The molecular weight excluding hydrogens is 302 g/mol. The number of benzene rings is 1. The Morgan fingerprint density at radius 1 is 1.38 bits per heavy atom. The van der Waals surface area contributed by atoms with Crippen LogP contribution in [0.5, 0.6) is 0 Å². The molecule has 1 unspecified atom stereocenters. The molecule has 0 amide bonds. The quantitative estimate of drug-likeness (QED) is 0.644. The summed E-state index contributed by atoms with van der Waals surface area (Å²) in [7, 11) is 0. The third kappa shape index (κ3) is 2.70. The van der Waals surface area contributed by atoms with Gasteiger partial charge in [0.25, 0.3) is 0 Å². The monoisotopic (exact) mass is 319 g/mol. The molecule has 0 saturated carbocycles. The summed E-state index contributed by atoms with van der Waals surface area (Å²) in [5.41, 5.74) is 3.44. The molecule has 110 valence electrons. The molecule has 2 aromatic heterocycles. The minimum Gasteiger partial charge on any atom is -0.318 e. The van der Waals surface area contributed by atoms with Crippen molar-refractivity contribution in [2.75, 3.05) is 5.88 Å². The van der Waals surface area contributed by atoms with Crippen LogP contribution in [0.2, 0.25) is 0 Å². The normalized spacial score (nSPS) is 12.9. The zero-order valence-corrected chi connectivity index (χ0v) is 13.8. The van der Waals surface area contributed by atoms with Crippen LogP contribution in [-0.2, 0) is 6.42 Å². The average molecular weight is 320 g/mol. The van der Waals surface area contributed by atoms with Gasteiger partial charge < -0.3 is 4.57 Å². The zero-order valence-electron chi connectivity index (χ0n) is 12.2. The first-order chi connectivity index (χ1) is 10.2. The number of hydrogen-bond donors (Lipinski definition) is 0. The summed E-state index contributed by atoms with van der Waals surface area (Å²) in [5.74, 6) is 1.63. The maximum Gasteiger partial charge on any atom is 0.115 e. The van der Waals surface area contributed by atoms with Gasteiger partial charge in [-0.3, -0.25) is 0 Å². The summed E-state index contributed by atoms with van der Waals surface area (Å²) in [6.07, 6.45) is 3.63. The summed E-state index contributed by atoms with van der Waals surface area (Å²) in [5, 5.41) is 3.16. The van der Waals surface area contributed by atoms with Gasteiger partial charge in [0.2, 0.25) is 0 Å². The van der Waals surface area contributed by atoms with Crippen LogP contribution in [0.3, 0.4) is 0 Å². The van der Waals surface area contributed by atoms with Gasteiger partial charge in [-0.25, -0.2) is 9.97 Å². The summed E-state index contributed by atoms with van der Waals surface area (Å²) < 4.78 is 2.32. The van der Waals surface area contributed by atoms with E-state index in [1.807, 2.05) is 11.6 Å². The summed E-state index contributed by atoms with van der Waals surface area (Å²) >= 11 is 7.67. The van der Waals surface area contributed by atoms with Crippen LogP contribution in [0.25, 0.3) is 11.0 Å². The molecular formula is C16H18ClN3S. The molecule has 0 saturated heterocycles. The van der Waals surface area contributed by atoms with Crippen molar-refractivity contribution in [2.45, 2.75) is 32.7 Å². The molecule has 0 N–H and O–H groups in total. The molecule has 0 radical (unpaired) electrons. The predicted octanol–water partition coefficient (Wildman–Crippen LogP) is 4.58. The number of alkyl halides is 1. The van der Waals surface area contributed by atoms with Crippen molar-refractivity contribution in [1.29, 1.82) is 0 Å². The topological polar surface area (TPSA) is 30.7 Å². The van der Waals surface area contributed by atoms with Gasteiger partial charge in [0.1, 0.15) is 10.8 Å². The Morgan fingerprint density at radius 3 is 2.90 bits per heavy atom. The molecule has 3 rings (SSSR count). The average Bonchev–Trinajstić information content (AvgIpc) is 3.09. The van der Waals surface area contributed by atoms with Crippen LogP contribution in [0.4, 0.5) is 0 Å². The molecule has 0 bridgehead atoms. The Labute approximate surface area is 133 Å². The van der Waals surface area contributed by atoms with Gasteiger partial charge in [0, 0.05) is 23.9 Å². The molecule has 21 heavy (non-hydrogen) atoms. The van der Waals surface area contributed by atoms with E-state index in [4.69, 9.17) is 16.6 Å². The van der Waals surface area contributed by atoms with Crippen molar-refractivity contribution in [2.24, 2.45) is 0 Å². The van der Waals surface area contributed by atoms with Gasteiger partial charge >= 0.3 is 0 Å². The molecule has 0 aliphatic carbocycles. The van der Waals surface area contributed by atoms with Gasteiger partial charge in [0.15, 0.2) is 0 Å². The molecule has 1 aromatic carbocycles. The van der Waals surface area contributed by atoms with E-state index >= 15 is 0 Å². The molecule has 1 atom stereocenters. The van der Waals surface area contributed by atoms with Crippen LogP contribution in [0.15, 0.2) is 29.8 Å². The van der Waals surface area contributed by atoms with Crippen LogP contribution in [-0.4, -0.2) is 20.4 Å². The Hall–Kier alpha value is -1.39. The second-order valence-electron chi connectivity index (χ2n) is 5.12. The Kier molecular flexibility index (Phi) is 4.27. The second-order valence-corrected chi connectivity index (χ2v) is 6.43. The van der Waals surface area contributed by atoms with E-state index in [1.165, 1.54) is 11.1 Å². The number of imidazole rings is 1. The number of aryl methyl sites for hydroxylation is 2. The number of fused-ring (bicyclic) bond motifs is 1. The lowest BCUT2D eigenvalue weighted by molar-refractivity contribution is 0.555. The molecule has 3 nitrogen and oxygen atoms in total. The molecule has 0 aliphatic heterocycles. The van der Waals surface area contributed by atoms with Gasteiger partial charge in [-0.1, -0.05) is 13.0 Å². The molecule has 0 fully saturated rings. The molecule has 3 aromatic rings. The lowest BCUT2D eigenvalue weighted by Crippen LogP contribution is -2.13. The van der Waals surface area contributed by atoms with Gasteiger partial charge in [-0.15, -0.1) is 22.9 Å². The van der Waals surface area contributed by atoms with Crippen LogP contribution >= 0.6 is 22.9 Å². The van der Waals surface area contributed by atoms with Crippen molar-refractivity contribution >= 4 is 34.0 Å². The highest BCUT2D eigenvalue weighted by Gasteiger charge is 2.21. The van der Waals surface area contributed by atoms with E-state index in [-0.39, 0.29) is 6.04 Å². The summed E-state index contributed by atoms with van der Waals surface area (Å²) in [4.78, 5) is 9.30. The SMILES string of the molecule is CCC(c1nccs1)n1c(CCCl)nc2cc(C)ccc21. The van der Waals surface area contributed by atoms with E-state index in [0.717, 1.165) is 29.2 Å². The first-order valence-corrected chi connectivity index (χ1v) is 8.58. The third-order valence-corrected chi connectivity index (χ3v) is 4.74. The maximum absolute atomic E-state index is 5.97. The lowest BCUT2D eigenvalue weighted by Gasteiger charge is -2.18. The minimum absolute atomic E-state index is 0.232. The highest BCUT2D eigenvalue weighted by molar-refractivity contribution is 7.09. The van der Waals surface area contributed by atoms with Crippen LogP contribution in [0, 0.1) is 6.92 Å². The smallest absolute Gasteiger partial charge is 0.115 e. The molecule has 5 heteroatoms. The summed E-state index contributed by atoms with van der Waals surface area (Å²) in [6.45, 7) is 4.29. The number of aromatic nitrogens is 3. The number of nitrogens with zero attached hydrogens (tertiary/aromatic N) is 3. The largest absolute Gasteiger partial charge is 0.318 e. The fourth-order valence-corrected chi connectivity index (χ4v) is 3.72. The van der Waals surface area contributed by atoms with Crippen molar-refractivity contribution in [3.63, 3.8) is 0 Å². The number of hydrogen-bond acceptors (Lipinski definition) is 3. The van der Waals surface area contributed by atoms with Gasteiger partial charge in [-0.05, 0) is 31.0 Å². The fourth-order valence-electron chi connectivity index (χ4n) is 2.73. The van der Waals surface area contributed by atoms with Gasteiger partial charge in [0.05, 0.1) is 17.1 Å². The van der Waals surface area contributed by atoms with Crippen molar-refractivity contribution < 1.29 is 0 Å². The number of thiazole rings is 1. The molecule has 0 spiro atoms. The highest BCUT2D eigenvalue weighted by atomic mass is 35.5. The Morgan fingerprint density at radius 2 is 2.24 bits per heavy atom. The minimum atomic E-state index is 0.232. The first-order valence-electron chi connectivity index (χ1n) is 7.17. The maximum atomic E-state index is 5.97. The van der Waals surface area contributed by atoms with E-state index in [9.17, 15) is 0 Å². The van der Waals surface area contributed by atoms with Crippen molar-refractivity contribution in [3.05, 3.63) is 46.2 Å². The van der Waals surface area contributed by atoms with Gasteiger partial charge in [-0.2, -0.15) is 0 Å². The molecule has 0 aliphatic rings. The predicted molar refractivity (Wildman–Crippen MR) is 89.4 cm³/mol. The Balaban J connectivity index is 2.20. The van der Waals surface area contributed by atoms with Crippen molar-refractivity contribution in [3.8, 4) is 0 Å². The first kappa shape index (κ1) is 14.5.